The van der Waals surface area contributed by atoms with Crippen LogP contribution in [0.4, 0.5) is 29.0 Å². The second-order valence-corrected chi connectivity index (χ2v) is 39.4. The number of fused-ring (bicyclic) bond motifs is 6. The Balaban J connectivity index is 0.000000146. The Hall–Kier alpha value is -9.75. The number of aryl methyl sites for hydroxylation is 2. The van der Waals surface area contributed by atoms with Crippen LogP contribution in [0, 0.1) is 12.3 Å². The number of aromatic nitrogens is 19. The Morgan fingerprint density at radius 3 is 1.21 bits per heavy atom. The highest BCUT2D eigenvalue weighted by Crippen LogP contribution is 2.48. The number of anilines is 3. The van der Waals surface area contributed by atoms with Crippen molar-refractivity contribution in [3.8, 4) is 0 Å². The summed E-state index contributed by atoms with van der Waals surface area (Å²) in [5, 5.41) is 139. The number of ketones is 1. The van der Waals surface area contributed by atoms with Gasteiger partial charge in [-0.2, -0.15) is 0 Å². The summed E-state index contributed by atoms with van der Waals surface area (Å²) < 4.78 is 133. The van der Waals surface area contributed by atoms with Crippen LogP contribution >= 0.6 is 58.5 Å². The number of Topliss-reactive ketones (excluding diaryl/α,β-unsaturated/α-hetero) is 1. The molecule has 18 heterocycles. The second-order valence-electron chi connectivity index (χ2n) is 31.6. The van der Waals surface area contributed by atoms with Gasteiger partial charge in [0.1, 0.15) is 138 Å². The number of carbonyl (C=O) groups is 1. The van der Waals surface area contributed by atoms with Gasteiger partial charge >= 0.3 is 46.9 Å². The number of nitrogens with two attached hydrogens (primary N) is 1. The molecule has 0 aliphatic carbocycles. The molecule has 77 heteroatoms. The first-order valence-corrected chi connectivity index (χ1v) is 50.9. The quantitative estimate of drug-likeness (QED) is 0.00988. The monoisotopic (exact) mass is 2200 g/mol. The number of hydrogen-bond donors (Lipinski definition) is 28. The summed E-state index contributed by atoms with van der Waals surface area (Å²) in [6.07, 6.45) is -16.6. The Morgan fingerprint density at radius 1 is 0.441 bits per heavy atom. The zero-order valence-corrected chi connectivity index (χ0v) is 80.3. The first-order chi connectivity index (χ1) is 68.0. The fourth-order valence-corrected chi connectivity index (χ4v) is 17.3. The Labute approximate surface area is 812 Å². The van der Waals surface area contributed by atoms with Gasteiger partial charge in [0.15, 0.2) is 99.7 Å². The number of aliphatic hydroxyl groups excluding tert-OH is 12. The molecular formula is C68H92ClN27O43P6. The molecule has 7 aliphatic heterocycles. The summed E-state index contributed by atoms with van der Waals surface area (Å²) >= 11 is 6.00. The normalized spacial score (nSPS) is 28.0. The largest absolute Gasteiger partial charge is 0.469 e. The smallest absolute Gasteiger partial charge is 0.397 e. The van der Waals surface area contributed by atoms with Crippen molar-refractivity contribution in [2.24, 2.45) is 17.2 Å². The van der Waals surface area contributed by atoms with Gasteiger partial charge in [0, 0.05) is 57.3 Å². The van der Waals surface area contributed by atoms with Crippen LogP contribution in [0.3, 0.4) is 0 Å². The Bertz CT molecular complexity index is 6930. The number of carbonyl (C=O) groups excluding carboxylic acids is 1. The van der Waals surface area contributed by atoms with Gasteiger partial charge < -0.3 is 169 Å². The number of phosphoric acid groups is 6. The number of phosphoric ester groups is 6. The molecule has 6 fully saturated rings. The Kier molecular flexibility index (Phi) is 35.5. The van der Waals surface area contributed by atoms with Crippen LogP contribution in [0.1, 0.15) is 60.1 Å². The molecule has 29 N–H and O–H groups in total. The highest BCUT2D eigenvalue weighted by Gasteiger charge is 2.52. The average molecular weight is 2200 g/mol. The van der Waals surface area contributed by atoms with Gasteiger partial charge in [-0.25, -0.2) is 92.2 Å². The number of rotatable bonds is 27. The van der Waals surface area contributed by atoms with Gasteiger partial charge in [-0.05, 0) is 35.8 Å². The lowest BCUT2D eigenvalue weighted by Gasteiger charge is -2.18. The second kappa shape index (κ2) is 45.8. The van der Waals surface area contributed by atoms with Gasteiger partial charge in [0.2, 0.25) is 5.95 Å². The minimum Gasteiger partial charge on any atom is -0.397 e. The fourth-order valence-electron chi connectivity index (χ4n) is 15.1. The van der Waals surface area contributed by atoms with E-state index in [2.05, 4.69) is 113 Å². The number of imidazole rings is 6. The van der Waals surface area contributed by atoms with E-state index in [4.69, 9.17) is 115 Å². The summed E-state index contributed by atoms with van der Waals surface area (Å²) in [5.41, 5.74) is 19.1. The predicted octanol–water partition coefficient (Wildman–Crippen LogP) is -5.52. The summed E-state index contributed by atoms with van der Waals surface area (Å²) in [4.78, 5) is 173. The molecule has 0 saturated carbocycles. The molecule has 0 amide bonds. The molecule has 0 radical (unpaired) electrons. The number of azide groups is 1. The van der Waals surface area contributed by atoms with Gasteiger partial charge in [0.25, 0.3) is 0 Å². The number of nitrogens with zero attached hydrogens (tertiary/aromatic N) is 23. The van der Waals surface area contributed by atoms with E-state index in [1.807, 2.05) is 0 Å². The number of nitrogens with one attached hydrogen (secondary N) is 3. The average Bonchev–Trinajstić information content (AvgIpc) is 1.65. The number of hydrogen-bond acceptors (Lipinski definition) is 49. The molecule has 145 heavy (non-hydrogen) atoms. The van der Waals surface area contributed by atoms with Crippen LogP contribution in [-0.2, 0) is 90.0 Å². The van der Waals surface area contributed by atoms with E-state index in [-0.39, 0.29) is 63.2 Å². The van der Waals surface area contributed by atoms with Gasteiger partial charge in [0.05, 0.1) is 94.0 Å². The van der Waals surface area contributed by atoms with Crippen LogP contribution < -0.4 is 21.9 Å². The van der Waals surface area contributed by atoms with Crippen LogP contribution in [0.25, 0.3) is 66.3 Å². The zero-order valence-electron chi connectivity index (χ0n) is 74.2. The number of aliphatic imine (C=N–C) groups is 1. The molecular weight excluding hydrogens is 2100 g/mol. The van der Waals surface area contributed by atoms with Crippen molar-refractivity contribution < 1.29 is 208 Å². The van der Waals surface area contributed by atoms with Crippen molar-refractivity contribution in [3.63, 3.8) is 0 Å². The van der Waals surface area contributed by atoms with Crippen LogP contribution in [0.15, 0.2) is 84.9 Å². The molecule has 794 valence electrons. The molecule has 18 rings (SSSR count). The summed E-state index contributed by atoms with van der Waals surface area (Å²) in [5.74, 6) is 0.696. The topological polar surface area (TPSA) is 1040 Å². The van der Waals surface area contributed by atoms with Crippen LogP contribution in [0.2, 0.25) is 5.02 Å². The first kappa shape index (κ1) is 112. The predicted molar refractivity (Wildman–Crippen MR) is 475 cm³/mol. The summed E-state index contributed by atoms with van der Waals surface area (Å²) in [7, 11) is -23.4. The van der Waals surface area contributed by atoms with Crippen molar-refractivity contribution >= 4 is 155 Å². The molecule has 0 aromatic carbocycles. The molecule has 0 spiro atoms. The van der Waals surface area contributed by atoms with E-state index in [9.17, 15) is 93.5 Å². The van der Waals surface area contributed by atoms with E-state index in [0.29, 0.717) is 50.2 Å². The first-order valence-electron chi connectivity index (χ1n) is 41.4. The van der Waals surface area contributed by atoms with Crippen LogP contribution in [0.5, 0.6) is 0 Å². The van der Waals surface area contributed by atoms with E-state index >= 15 is 0 Å². The van der Waals surface area contributed by atoms with Gasteiger partial charge in [-0.3, -0.25) is 64.7 Å². The third kappa shape index (κ3) is 26.2. The maximum atomic E-state index is 11.7. The molecule has 11 aromatic heterocycles. The molecule has 5 unspecified atom stereocenters. The molecule has 6 saturated heterocycles. The van der Waals surface area contributed by atoms with Crippen molar-refractivity contribution in [2.45, 2.75) is 161 Å². The van der Waals surface area contributed by atoms with Gasteiger partial charge in [-0.1, -0.05) is 11.6 Å². The fraction of sp³-hybridized carbons (Fsp3) is 0.515. The minimum absolute atomic E-state index is 0.105. The van der Waals surface area contributed by atoms with E-state index in [0.717, 1.165) is 10.3 Å². The Morgan fingerprint density at radius 2 is 0.793 bits per heavy atom. The van der Waals surface area contributed by atoms with Crippen molar-refractivity contribution in [3.05, 3.63) is 107 Å². The lowest BCUT2D eigenvalue weighted by molar-refractivity contribution is -0.0512. The number of aliphatic hydroxyl groups is 12. The van der Waals surface area contributed by atoms with E-state index in [1.54, 1.807) is 46.4 Å². The molecule has 70 nitrogen and oxygen atoms in total. The molecule has 0 bridgehead atoms. The van der Waals surface area contributed by atoms with E-state index in [1.165, 1.54) is 90.0 Å². The maximum Gasteiger partial charge on any atom is 0.469 e. The van der Waals surface area contributed by atoms with Crippen molar-refractivity contribution in [1.82, 2.24) is 91.8 Å². The van der Waals surface area contributed by atoms with Gasteiger partial charge in [-0.15, -0.1) is 0 Å². The zero-order chi connectivity index (χ0) is 106. The third-order valence-electron chi connectivity index (χ3n) is 21.9. The van der Waals surface area contributed by atoms with Crippen LogP contribution in [-0.4, -0.2) is 387 Å². The highest BCUT2D eigenvalue weighted by atomic mass is 35.5. The summed E-state index contributed by atoms with van der Waals surface area (Å²) in [6.45, 7) is -1.94. The molecule has 7 aliphatic rings. The maximum absolute atomic E-state index is 11.7. The molecule has 11 aromatic rings. The number of pyridine rings is 3. The number of ether oxygens (including phenoxy) is 6. The van der Waals surface area contributed by atoms with Crippen molar-refractivity contribution in [2.75, 3.05) is 70.1 Å². The highest BCUT2D eigenvalue weighted by molar-refractivity contribution is 7.47. The SMILES string of the molecule is CNc1ccnc2c1ncn2[C@@H]1OC(COP(=O)(O)O)[C@@H](O)[C@H]1O.CNc1nc(C)nc2c1ncn2[C@@H]1OC(COP(=O)(O)O)[C@@H](O)[C@H]1O.Cn1cnc2c(ncn2[C@@H]2O[C@H](COP(=O)(O)O)[C@@H](O)[C@H]2O)c1=N.O=C1CC=Nc2c1ncn2[C@@H]1OC(COP(=O)(O)O)[C@@H](O)[C@H]1O.O=P(O)(O)OCC1O[C@@H](n2cnc3c(Cl)ccnc32)[C@H](O)[C@@H]1O.[N-]=[N+]=Nc1nc2c(N)ccnc2n1[C@@H]1OC(COP(=O)(O)O)[C@@H](O)[C@H]1O. The molecule has 24 atom stereocenters. The lowest BCUT2D eigenvalue weighted by Crippen LogP contribution is -2.33. The number of nitrogen functional groups attached to an aromatic ring is 1. The lowest BCUT2D eigenvalue weighted by atomic mass is 10.1. The standard InChI is InChI=1S/C12H18N5O7P.C12H17N4O7P.C11H13ClN3O7P.C11H14N7O7P.C11H16N5O7P.C11H14N3O8P/c1-5-15-10(13-2)7-11(16-5)17(4-14-7)12-9(19)8(18)6(24-12)3-23-25(20,21)22;1-13-6-2-3-14-11-8(6)15-5-16(11)12-10(18)9(17)7(23-12)4-22-24(19,20)21;12-5-1-2-13-10-7(5)14-4-15(10)11-9(17)8(16)6(22-11)3-21-23(18,19)20;12-4-1-2-14-9-6(4)15-11(16-17-13)18(9)10-8(20)7(19)5(25-10)3-24-26(21,22)23;1-15-3-14-10-6(9(15)12)13-4-16(10)11-8(18)7(17)5(23-11)2-22-24(19,20)21;15-5-1-2-12-10-7(5)13-4-14(10)11-9(17)8(16)6(22-11)3-21-23(18,19)20/h4,6,8-9,12,18-19H,3H2,1-2H3,(H,13,15,16)(H2,20,21,22);2-3,5,7,9-10,12,17-18H,4H2,1H3,(H,13,14)(H2,19,20,21);1-2,4,6,8-9,11,16-17H,3H2,(H2,18,19,20);1-2,5,7-8,10,19-20H,3H2,(H2,12,14)(H2,21,22,23);3-5,7-8,11-12,17-18H,2H2,1H3,(H2,19,20,21);2,4,6,8-9,11,16-17H,1,3H2,(H2,18,19,20)/t6?,8-,9-,12-;7?,9-,10-,12-;6?,8-,9-,11-;5?,7-,8-,10-;5-,7-,8-,11-;6?,8-,9-,11-/m111111/s1. The van der Waals surface area contributed by atoms with Crippen molar-refractivity contribution in [1.29, 1.82) is 5.41 Å². The van der Waals surface area contributed by atoms with E-state index < -0.39 is 234 Å². The third-order valence-corrected chi connectivity index (χ3v) is 25.2. The summed E-state index contributed by atoms with van der Waals surface area (Å²) in [6, 6.07) is 4.76. The minimum atomic E-state index is -4.80. The number of halogens is 1.